The Morgan fingerprint density at radius 1 is 0.588 bits per heavy atom. The number of ether oxygens (including phenoxy) is 1. The van der Waals surface area contributed by atoms with Crippen LogP contribution in [0.5, 0.6) is 0 Å². The maximum absolute atomic E-state index is 12.2. The maximum atomic E-state index is 12.2. The topological polar surface area (TPSA) is 9.23 Å². The van der Waals surface area contributed by atoms with Crippen molar-refractivity contribution >= 4 is 0 Å². The van der Waals surface area contributed by atoms with Crippen molar-refractivity contribution in [3.05, 3.63) is 0 Å². The first kappa shape index (κ1) is 16.3. The van der Waals surface area contributed by atoms with E-state index in [9.17, 15) is 43.9 Å². The molecule has 0 aliphatic carbocycles. The minimum atomic E-state index is -5.80. The van der Waals surface area contributed by atoms with Crippen LogP contribution in [0.4, 0.5) is 43.9 Å². The van der Waals surface area contributed by atoms with Gasteiger partial charge in [0, 0.05) is 0 Å². The Balaban J connectivity index is 4.45. The molecule has 104 valence electrons. The Morgan fingerprint density at radius 2 is 0.824 bits per heavy atom. The highest BCUT2D eigenvalue weighted by molar-refractivity contribution is 4.73. The highest BCUT2D eigenvalue weighted by Gasteiger charge is 2.52. The molecule has 0 fully saturated rings. The summed E-state index contributed by atoms with van der Waals surface area (Å²) in [5.74, 6) is 0. The first-order valence-corrected chi connectivity index (χ1v) is 3.72. The third kappa shape index (κ3) is 4.96. The zero-order valence-corrected chi connectivity index (χ0v) is 7.50. The fourth-order valence-electron chi connectivity index (χ4n) is 0.559. The zero-order valence-electron chi connectivity index (χ0n) is 7.50. The van der Waals surface area contributed by atoms with Crippen molar-refractivity contribution in [2.45, 2.75) is 37.4 Å². The van der Waals surface area contributed by atoms with Crippen LogP contribution in [0.2, 0.25) is 0 Å². The predicted molar refractivity (Wildman–Crippen MR) is 32.8 cm³/mol. The van der Waals surface area contributed by atoms with Gasteiger partial charge in [-0.25, -0.2) is 17.6 Å². The van der Waals surface area contributed by atoms with E-state index >= 15 is 0 Å². The van der Waals surface area contributed by atoms with Crippen molar-refractivity contribution in [2.24, 2.45) is 0 Å². The lowest BCUT2D eigenvalue weighted by atomic mass is 10.3. The van der Waals surface area contributed by atoms with Crippen LogP contribution in [-0.2, 0) is 4.74 Å². The SMILES string of the molecule is FC(OC(F)C(F)C(F)(F)F)C(F)C(F)(F)F. The summed E-state index contributed by atoms with van der Waals surface area (Å²) in [4.78, 5) is 0. The Kier molecular flexibility index (Phi) is 5.04. The molecule has 11 heteroatoms. The number of hydrogen-bond donors (Lipinski definition) is 0. The molecule has 0 radical (unpaired) electrons. The highest BCUT2D eigenvalue weighted by atomic mass is 19.4. The molecule has 0 bridgehead atoms. The van der Waals surface area contributed by atoms with Crippen molar-refractivity contribution in [1.82, 2.24) is 0 Å². The van der Waals surface area contributed by atoms with E-state index < -0.39 is 37.4 Å². The van der Waals surface area contributed by atoms with Gasteiger partial charge in [-0.05, 0) is 0 Å². The molecular formula is C6H4F10O. The average Bonchev–Trinajstić information content (AvgIpc) is 2.12. The van der Waals surface area contributed by atoms with Crippen molar-refractivity contribution < 1.29 is 48.6 Å². The number of alkyl halides is 10. The van der Waals surface area contributed by atoms with E-state index in [1.807, 2.05) is 0 Å². The third-order valence-corrected chi connectivity index (χ3v) is 1.35. The molecule has 0 amide bonds. The van der Waals surface area contributed by atoms with Gasteiger partial charge in [0.05, 0.1) is 0 Å². The summed E-state index contributed by atoms with van der Waals surface area (Å²) in [6, 6.07) is 0. The van der Waals surface area contributed by atoms with Crippen LogP contribution in [0.15, 0.2) is 0 Å². The molecule has 1 nitrogen and oxygen atoms in total. The summed E-state index contributed by atoms with van der Waals surface area (Å²) in [5.41, 5.74) is 0. The van der Waals surface area contributed by atoms with Crippen LogP contribution in [0.25, 0.3) is 0 Å². The van der Waals surface area contributed by atoms with E-state index in [2.05, 4.69) is 4.74 Å². The normalized spacial score (nSPS) is 20.8. The van der Waals surface area contributed by atoms with E-state index in [-0.39, 0.29) is 0 Å². The lowest BCUT2D eigenvalue weighted by Crippen LogP contribution is -2.42. The van der Waals surface area contributed by atoms with E-state index in [1.54, 1.807) is 0 Å². The monoisotopic (exact) mass is 282 g/mol. The molecular weight excluding hydrogens is 278 g/mol. The molecule has 0 aliphatic rings. The van der Waals surface area contributed by atoms with Crippen molar-refractivity contribution in [3.63, 3.8) is 0 Å². The van der Waals surface area contributed by atoms with Crippen LogP contribution in [0, 0.1) is 0 Å². The Morgan fingerprint density at radius 3 is 1.00 bits per heavy atom. The van der Waals surface area contributed by atoms with E-state index in [1.165, 1.54) is 0 Å². The number of halogens is 10. The van der Waals surface area contributed by atoms with Gasteiger partial charge in [0.2, 0.25) is 12.7 Å². The number of rotatable bonds is 4. The van der Waals surface area contributed by atoms with Crippen LogP contribution in [0.1, 0.15) is 0 Å². The second kappa shape index (κ2) is 5.27. The van der Waals surface area contributed by atoms with Gasteiger partial charge in [0.25, 0.3) is 12.3 Å². The molecule has 0 saturated carbocycles. The third-order valence-electron chi connectivity index (χ3n) is 1.35. The summed E-state index contributed by atoms with van der Waals surface area (Å²) < 4.78 is 120. The maximum Gasteiger partial charge on any atom is 0.425 e. The van der Waals surface area contributed by atoms with Gasteiger partial charge in [-0.15, -0.1) is 0 Å². The van der Waals surface area contributed by atoms with Gasteiger partial charge in [-0.1, -0.05) is 0 Å². The largest absolute Gasteiger partial charge is 0.425 e. The molecule has 0 aromatic carbocycles. The number of hydrogen-bond acceptors (Lipinski definition) is 1. The summed E-state index contributed by atoms with van der Waals surface area (Å²) >= 11 is 0. The van der Waals surface area contributed by atoms with Crippen molar-refractivity contribution in [3.8, 4) is 0 Å². The molecule has 4 unspecified atom stereocenters. The smallest absolute Gasteiger partial charge is 0.307 e. The van der Waals surface area contributed by atoms with Gasteiger partial charge in [-0.3, -0.25) is 0 Å². The first-order chi connectivity index (χ1) is 7.37. The van der Waals surface area contributed by atoms with Crippen molar-refractivity contribution in [1.29, 1.82) is 0 Å². The minimum Gasteiger partial charge on any atom is -0.307 e. The van der Waals surface area contributed by atoms with Gasteiger partial charge in [0.15, 0.2) is 0 Å². The Bertz CT molecular complexity index is 210. The minimum absolute atomic E-state index is 2.70. The first-order valence-electron chi connectivity index (χ1n) is 3.72. The second-order valence-corrected chi connectivity index (χ2v) is 2.73. The molecule has 0 aliphatic heterocycles. The summed E-state index contributed by atoms with van der Waals surface area (Å²) in [6.07, 6.45) is -28.5. The van der Waals surface area contributed by atoms with E-state index in [4.69, 9.17) is 0 Å². The van der Waals surface area contributed by atoms with Gasteiger partial charge in [0.1, 0.15) is 0 Å². The van der Waals surface area contributed by atoms with E-state index in [0.29, 0.717) is 0 Å². The lowest BCUT2D eigenvalue weighted by Gasteiger charge is -2.21. The Labute approximate surface area is 87.3 Å². The van der Waals surface area contributed by atoms with Crippen LogP contribution >= 0.6 is 0 Å². The average molecular weight is 282 g/mol. The second-order valence-electron chi connectivity index (χ2n) is 2.73. The van der Waals surface area contributed by atoms with Crippen LogP contribution < -0.4 is 0 Å². The summed E-state index contributed by atoms with van der Waals surface area (Å²) in [6.45, 7) is 0. The predicted octanol–water partition coefficient (Wildman–Crippen LogP) is 3.40. The fourth-order valence-corrected chi connectivity index (χ4v) is 0.559. The zero-order chi connectivity index (χ0) is 14.0. The van der Waals surface area contributed by atoms with Gasteiger partial charge < -0.3 is 4.74 Å². The molecule has 0 heterocycles. The standard InChI is InChI=1S/C6H4F10O/c7-1(5(11,12)13)3(9)17-4(10)2(8)6(14,15)16/h1-4H. The van der Waals surface area contributed by atoms with Gasteiger partial charge in [-0.2, -0.15) is 26.3 Å². The van der Waals surface area contributed by atoms with Crippen molar-refractivity contribution in [2.75, 3.05) is 0 Å². The molecule has 4 atom stereocenters. The quantitative estimate of drug-likeness (QED) is 0.718. The molecule has 0 aromatic heterocycles. The molecule has 0 N–H and O–H groups in total. The molecule has 0 rings (SSSR count). The molecule has 17 heavy (non-hydrogen) atoms. The lowest BCUT2D eigenvalue weighted by molar-refractivity contribution is -0.289. The van der Waals surface area contributed by atoms with Crippen LogP contribution in [0.3, 0.4) is 0 Å². The molecule has 0 spiro atoms. The van der Waals surface area contributed by atoms with Gasteiger partial charge >= 0.3 is 12.4 Å². The Hall–Kier alpha value is -0.740. The molecule has 0 saturated heterocycles. The fraction of sp³-hybridized carbons (Fsp3) is 1.00. The molecule has 0 aromatic rings. The highest BCUT2D eigenvalue weighted by Crippen LogP contribution is 2.31. The van der Waals surface area contributed by atoms with E-state index in [0.717, 1.165) is 0 Å². The summed E-state index contributed by atoms with van der Waals surface area (Å²) in [7, 11) is 0. The van der Waals surface area contributed by atoms with Crippen LogP contribution in [-0.4, -0.2) is 37.4 Å². The summed E-state index contributed by atoms with van der Waals surface area (Å²) in [5, 5.41) is 0.